The van der Waals surface area contributed by atoms with E-state index in [1.807, 2.05) is 26.0 Å². The number of anilines is 2. The van der Waals surface area contributed by atoms with Crippen molar-refractivity contribution >= 4 is 46.7 Å². The molecule has 2 heterocycles. The fourth-order valence-electron chi connectivity index (χ4n) is 5.40. The number of rotatable bonds is 4. The zero-order chi connectivity index (χ0) is 25.7. The maximum atomic E-state index is 13.1. The fraction of sp³-hybridized carbons (Fsp3) is 0.357. The summed E-state index contributed by atoms with van der Waals surface area (Å²) in [5.74, 6) is -1.95. The molecule has 186 valence electrons. The quantitative estimate of drug-likeness (QED) is 0.258. The number of imide groups is 1. The smallest absolute Gasteiger partial charge is 0.316 e. The number of allylic oxidation sites excluding steroid dienone is 2. The van der Waals surface area contributed by atoms with Gasteiger partial charge >= 0.3 is 5.97 Å². The van der Waals surface area contributed by atoms with Gasteiger partial charge in [0, 0.05) is 23.7 Å². The average Bonchev–Trinajstić information content (AvgIpc) is 3.33. The highest BCUT2D eigenvalue weighted by molar-refractivity contribution is 6.31. The maximum absolute atomic E-state index is 13.1. The summed E-state index contributed by atoms with van der Waals surface area (Å²) in [5.41, 5.74) is 3.77. The van der Waals surface area contributed by atoms with Gasteiger partial charge in [0.05, 0.1) is 23.4 Å². The Morgan fingerprint density at radius 1 is 0.972 bits per heavy atom. The van der Waals surface area contributed by atoms with Gasteiger partial charge in [-0.05, 0) is 75.1 Å². The van der Waals surface area contributed by atoms with E-state index < -0.39 is 11.9 Å². The van der Waals surface area contributed by atoms with Gasteiger partial charge in [-0.2, -0.15) is 0 Å². The van der Waals surface area contributed by atoms with Gasteiger partial charge in [-0.3, -0.25) is 19.2 Å². The van der Waals surface area contributed by atoms with Crippen molar-refractivity contribution in [3.05, 3.63) is 64.2 Å². The van der Waals surface area contributed by atoms with Crippen LogP contribution in [0.4, 0.5) is 11.4 Å². The number of fused-ring (bicyclic) bond motifs is 1. The number of amides is 3. The predicted molar refractivity (Wildman–Crippen MR) is 136 cm³/mol. The van der Waals surface area contributed by atoms with Crippen LogP contribution >= 0.6 is 11.6 Å². The van der Waals surface area contributed by atoms with Crippen LogP contribution in [0.5, 0.6) is 5.75 Å². The highest BCUT2D eigenvalue weighted by Crippen LogP contribution is 2.41. The molecule has 3 aliphatic rings. The molecule has 2 aromatic carbocycles. The van der Waals surface area contributed by atoms with E-state index in [2.05, 4.69) is 0 Å². The molecule has 7 nitrogen and oxygen atoms in total. The van der Waals surface area contributed by atoms with Crippen molar-refractivity contribution in [2.24, 2.45) is 17.8 Å². The Morgan fingerprint density at radius 2 is 1.72 bits per heavy atom. The molecule has 3 atom stereocenters. The molecule has 0 bridgehead atoms. The second-order valence-electron chi connectivity index (χ2n) is 9.87. The number of nitrogens with zero attached hydrogens (tertiary/aromatic N) is 2. The number of benzene rings is 2. The Kier molecular flexibility index (Phi) is 6.20. The third-order valence-corrected chi connectivity index (χ3v) is 7.85. The number of aryl methyl sites for hydroxylation is 1. The number of carbonyl (C=O) groups is 4. The molecular formula is C28H27ClN2O5. The van der Waals surface area contributed by atoms with Crippen molar-refractivity contribution in [1.82, 2.24) is 0 Å². The van der Waals surface area contributed by atoms with Gasteiger partial charge in [0.2, 0.25) is 17.7 Å². The third kappa shape index (κ3) is 4.11. The Labute approximate surface area is 214 Å². The van der Waals surface area contributed by atoms with Gasteiger partial charge < -0.3 is 9.64 Å². The van der Waals surface area contributed by atoms with E-state index in [1.165, 1.54) is 4.90 Å². The molecular weight excluding hydrogens is 480 g/mol. The van der Waals surface area contributed by atoms with Crippen LogP contribution in [0.1, 0.15) is 37.3 Å². The van der Waals surface area contributed by atoms with E-state index in [4.69, 9.17) is 16.3 Å². The molecule has 1 aliphatic carbocycles. The molecule has 8 heteroatoms. The summed E-state index contributed by atoms with van der Waals surface area (Å²) >= 11 is 6.20. The van der Waals surface area contributed by atoms with Gasteiger partial charge in [0.25, 0.3) is 0 Å². The second kappa shape index (κ2) is 9.21. The minimum absolute atomic E-state index is 0.0505. The summed E-state index contributed by atoms with van der Waals surface area (Å²) in [6, 6.07) is 10.2. The molecule has 0 saturated carbocycles. The van der Waals surface area contributed by atoms with E-state index in [1.54, 1.807) is 42.2 Å². The van der Waals surface area contributed by atoms with Crippen LogP contribution in [0, 0.1) is 31.6 Å². The van der Waals surface area contributed by atoms with E-state index >= 15 is 0 Å². The lowest BCUT2D eigenvalue weighted by molar-refractivity contribution is -0.139. The van der Waals surface area contributed by atoms with Gasteiger partial charge in [-0.25, -0.2) is 4.90 Å². The Bertz CT molecular complexity index is 1330. The van der Waals surface area contributed by atoms with E-state index in [0.717, 1.165) is 11.1 Å². The summed E-state index contributed by atoms with van der Waals surface area (Å²) in [6.45, 7) is 5.81. The lowest BCUT2D eigenvalue weighted by atomic mass is 9.82. The van der Waals surface area contributed by atoms with Crippen molar-refractivity contribution in [2.45, 2.75) is 40.0 Å². The van der Waals surface area contributed by atoms with Gasteiger partial charge in [-0.1, -0.05) is 29.3 Å². The highest BCUT2D eigenvalue weighted by atomic mass is 35.5. The standard InChI is InChI=1S/C28H27ClN2O5/c1-15-7-9-20-21(11-15)27(34)31(26(20)33)23-10-8-19(12-16(23)2)36-28(35)18-13-25(32)30(14-18)24-6-4-5-22(29)17(24)3/h4-8,10,12,18,20-21H,9,11,13-14H2,1-3H3/t18-,20-,21-/m0/s1. The molecule has 2 fully saturated rings. The van der Waals surface area contributed by atoms with Crippen molar-refractivity contribution in [2.75, 3.05) is 16.3 Å². The van der Waals surface area contributed by atoms with Crippen LogP contribution in [0.2, 0.25) is 5.02 Å². The summed E-state index contributed by atoms with van der Waals surface area (Å²) in [7, 11) is 0. The second-order valence-corrected chi connectivity index (χ2v) is 10.3. The molecule has 2 saturated heterocycles. The average molecular weight is 507 g/mol. The van der Waals surface area contributed by atoms with Crippen molar-refractivity contribution < 1.29 is 23.9 Å². The molecule has 0 spiro atoms. The monoisotopic (exact) mass is 506 g/mol. The number of esters is 1. The number of carbonyl (C=O) groups excluding carboxylic acids is 4. The zero-order valence-corrected chi connectivity index (χ0v) is 21.2. The largest absolute Gasteiger partial charge is 0.426 e. The molecule has 0 radical (unpaired) electrons. The highest BCUT2D eigenvalue weighted by Gasteiger charge is 2.49. The number of ether oxygens (including phenoxy) is 1. The van der Waals surface area contributed by atoms with Crippen LogP contribution in [0.25, 0.3) is 0 Å². The van der Waals surface area contributed by atoms with Crippen LogP contribution < -0.4 is 14.5 Å². The number of halogens is 1. The zero-order valence-electron chi connectivity index (χ0n) is 20.4. The molecule has 5 rings (SSSR count). The van der Waals surface area contributed by atoms with E-state index in [9.17, 15) is 19.2 Å². The van der Waals surface area contributed by atoms with Crippen LogP contribution in [0.3, 0.4) is 0 Å². The van der Waals surface area contributed by atoms with Gasteiger partial charge in [0.1, 0.15) is 5.75 Å². The summed E-state index contributed by atoms with van der Waals surface area (Å²) < 4.78 is 5.61. The third-order valence-electron chi connectivity index (χ3n) is 7.44. The number of hydrogen-bond donors (Lipinski definition) is 0. The molecule has 0 N–H and O–H groups in total. The van der Waals surface area contributed by atoms with Crippen LogP contribution in [0.15, 0.2) is 48.0 Å². The lowest BCUT2D eigenvalue weighted by Crippen LogP contribution is -2.31. The number of hydrogen-bond acceptors (Lipinski definition) is 5. The normalized spacial score (nSPS) is 23.7. The molecule has 2 aromatic rings. The topological polar surface area (TPSA) is 84.0 Å². The van der Waals surface area contributed by atoms with Gasteiger partial charge in [-0.15, -0.1) is 0 Å². The minimum atomic E-state index is -0.614. The van der Waals surface area contributed by atoms with Crippen molar-refractivity contribution in [3.63, 3.8) is 0 Å². The summed E-state index contributed by atoms with van der Waals surface area (Å²) in [5, 5.41) is 0.558. The predicted octanol–water partition coefficient (Wildman–Crippen LogP) is 4.76. The minimum Gasteiger partial charge on any atom is -0.426 e. The van der Waals surface area contributed by atoms with Crippen LogP contribution in [-0.2, 0) is 19.2 Å². The molecule has 0 aromatic heterocycles. The first-order valence-electron chi connectivity index (χ1n) is 12.1. The van der Waals surface area contributed by atoms with Crippen LogP contribution in [-0.4, -0.2) is 30.2 Å². The summed E-state index contributed by atoms with van der Waals surface area (Å²) in [4.78, 5) is 54.5. The first kappa shape index (κ1) is 24.3. The van der Waals surface area contributed by atoms with Crippen molar-refractivity contribution in [1.29, 1.82) is 0 Å². The fourth-order valence-corrected chi connectivity index (χ4v) is 5.57. The van der Waals surface area contributed by atoms with Crippen molar-refractivity contribution in [3.8, 4) is 5.75 Å². The van der Waals surface area contributed by atoms with E-state index in [-0.39, 0.29) is 42.5 Å². The Hall–Kier alpha value is -3.45. The maximum Gasteiger partial charge on any atom is 0.316 e. The van der Waals surface area contributed by atoms with E-state index in [0.29, 0.717) is 40.6 Å². The molecule has 3 amide bonds. The summed E-state index contributed by atoms with van der Waals surface area (Å²) in [6.07, 6.45) is 3.27. The molecule has 2 aliphatic heterocycles. The first-order chi connectivity index (χ1) is 17.2. The Morgan fingerprint density at radius 3 is 2.47 bits per heavy atom. The van der Waals surface area contributed by atoms with Gasteiger partial charge in [0.15, 0.2) is 0 Å². The lowest BCUT2D eigenvalue weighted by Gasteiger charge is -2.20. The molecule has 36 heavy (non-hydrogen) atoms. The molecule has 0 unspecified atom stereocenters. The SMILES string of the molecule is CC1=CC[C@@H]2C(=O)N(c3ccc(OC(=O)[C@H]4CC(=O)N(c5cccc(Cl)c5C)C4)cc3C)C(=O)[C@H]2C1. The Balaban J connectivity index is 1.29. The first-order valence-corrected chi connectivity index (χ1v) is 12.4.